The number of benzene rings is 1. The van der Waals surface area contributed by atoms with E-state index in [1.54, 1.807) is 12.1 Å². The van der Waals surface area contributed by atoms with Gasteiger partial charge >= 0.3 is 0 Å². The van der Waals surface area contributed by atoms with Crippen LogP contribution in [0.25, 0.3) is 0 Å². The van der Waals surface area contributed by atoms with Crippen LogP contribution in [0, 0.1) is 3.57 Å². The minimum absolute atomic E-state index is 0.202. The second-order valence-corrected chi connectivity index (χ2v) is 4.46. The van der Waals surface area contributed by atoms with Crippen LogP contribution in [0.2, 0.25) is 10.0 Å². The molecule has 1 rings (SSSR count). The van der Waals surface area contributed by atoms with E-state index in [2.05, 4.69) is 22.6 Å². The van der Waals surface area contributed by atoms with Crippen molar-refractivity contribution in [3.63, 3.8) is 0 Å². The first-order valence-corrected chi connectivity index (χ1v) is 5.83. The fourth-order valence-corrected chi connectivity index (χ4v) is 2.52. The van der Waals surface area contributed by atoms with Crippen molar-refractivity contribution < 1.29 is 9.47 Å². The molecule has 1 aromatic rings. The van der Waals surface area contributed by atoms with Crippen LogP contribution in [-0.4, -0.2) is 13.4 Å². The summed E-state index contributed by atoms with van der Waals surface area (Å²) in [5, 5.41) is 1.10. The molecule has 14 heavy (non-hydrogen) atoms. The highest BCUT2D eigenvalue weighted by Crippen LogP contribution is 2.33. The van der Waals surface area contributed by atoms with E-state index in [1.807, 2.05) is 6.92 Å². The van der Waals surface area contributed by atoms with Crippen LogP contribution in [0.3, 0.4) is 0 Å². The molecule has 0 saturated carbocycles. The molecule has 0 fully saturated rings. The summed E-state index contributed by atoms with van der Waals surface area (Å²) in [6.07, 6.45) is 0. The summed E-state index contributed by atoms with van der Waals surface area (Å²) >= 11 is 13.9. The Balaban J connectivity index is 2.75. The SMILES string of the molecule is CCOCOc1c(Cl)cc(Cl)cc1I. The van der Waals surface area contributed by atoms with Gasteiger partial charge < -0.3 is 9.47 Å². The van der Waals surface area contributed by atoms with E-state index in [-0.39, 0.29) is 6.79 Å². The van der Waals surface area contributed by atoms with Gasteiger partial charge in [0.05, 0.1) is 8.59 Å². The maximum Gasteiger partial charge on any atom is 0.189 e. The molecule has 0 spiro atoms. The van der Waals surface area contributed by atoms with Crippen molar-refractivity contribution >= 4 is 45.8 Å². The van der Waals surface area contributed by atoms with Crippen molar-refractivity contribution in [1.82, 2.24) is 0 Å². The number of hydrogen-bond acceptors (Lipinski definition) is 2. The Kier molecular flexibility index (Phi) is 5.30. The van der Waals surface area contributed by atoms with Crippen LogP contribution in [0.4, 0.5) is 0 Å². The normalized spacial score (nSPS) is 10.3. The standard InChI is InChI=1S/C9H9Cl2IO2/c1-2-13-5-14-9-7(11)3-6(10)4-8(9)12/h3-4H,2,5H2,1H3. The summed E-state index contributed by atoms with van der Waals surface area (Å²) in [5.74, 6) is 0.616. The summed E-state index contributed by atoms with van der Waals surface area (Å²) < 4.78 is 11.3. The topological polar surface area (TPSA) is 18.5 Å². The predicted molar refractivity (Wildman–Crippen MR) is 66.3 cm³/mol. The first-order chi connectivity index (χ1) is 6.65. The van der Waals surface area contributed by atoms with Gasteiger partial charge in [-0.2, -0.15) is 0 Å². The number of halogens is 3. The average Bonchev–Trinajstić information content (AvgIpc) is 2.09. The zero-order valence-corrected chi connectivity index (χ0v) is 11.2. The first kappa shape index (κ1) is 12.4. The molecule has 0 aliphatic carbocycles. The lowest BCUT2D eigenvalue weighted by molar-refractivity contribution is 0.0219. The Morgan fingerprint density at radius 2 is 2.07 bits per heavy atom. The van der Waals surface area contributed by atoms with E-state index < -0.39 is 0 Å². The molecule has 0 unspecified atom stereocenters. The molecule has 0 aliphatic heterocycles. The van der Waals surface area contributed by atoms with Crippen molar-refractivity contribution in [1.29, 1.82) is 0 Å². The minimum Gasteiger partial charge on any atom is -0.465 e. The smallest absolute Gasteiger partial charge is 0.189 e. The Morgan fingerprint density at radius 3 is 2.64 bits per heavy atom. The first-order valence-electron chi connectivity index (χ1n) is 4.00. The van der Waals surface area contributed by atoms with Crippen molar-refractivity contribution in [2.75, 3.05) is 13.4 Å². The van der Waals surface area contributed by atoms with Gasteiger partial charge in [0.15, 0.2) is 12.5 Å². The van der Waals surface area contributed by atoms with Crippen LogP contribution in [0.15, 0.2) is 12.1 Å². The van der Waals surface area contributed by atoms with E-state index in [4.69, 9.17) is 32.7 Å². The summed E-state index contributed by atoms with van der Waals surface area (Å²) in [6, 6.07) is 3.43. The molecule has 0 amide bonds. The highest BCUT2D eigenvalue weighted by atomic mass is 127. The molecule has 1 aromatic carbocycles. The van der Waals surface area contributed by atoms with E-state index in [9.17, 15) is 0 Å². The van der Waals surface area contributed by atoms with Gasteiger partial charge in [0.2, 0.25) is 0 Å². The van der Waals surface area contributed by atoms with Gasteiger partial charge in [0.1, 0.15) is 0 Å². The van der Waals surface area contributed by atoms with E-state index >= 15 is 0 Å². The van der Waals surface area contributed by atoms with Crippen LogP contribution in [0.1, 0.15) is 6.92 Å². The molecular formula is C9H9Cl2IO2. The lowest BCUT2D eigenvalue weighted by Gasteiger charge is -2.09. The molecule has 0 aromatic heterocycles. The molecule has 0 heterocycles. The maximum atomic E-state index is 5.94. The summed E-state index contributed by atoms with van der Waals surface area (Å²) in [5.41, 5.74) is 0. The van der Waals surface area contributed by atoms with Crippen LogP contribution < -0.4 is 4.74 Å². The van der Waals surface area contributed by atoms with Crippen molar-refractivity contribution in [3.05, 3.63) is 25.7 Å². The van der Waals surface area contributed by atoms with Gasteiger partial charge in [-0.15, -0.1) is 0 Å². The number of rotatable bonds is 4. The third-order valence-corrected chi connectivity index (χ3v) is 2.75. The van der Waals surface area contributed by atoms with Crippen molar-refractivity contribution in [2.24, 2.45) is 0 Å². The third kappa shape index (κ3) is 3.46. The molecule has 0 saturated heterocycles. The van der Waals surface area contributed by atoms with Gasteiger partial charge in [0.25, 0.3) is 0 Å². The lowest BCUT2D eigenvalue weighted by atomic mass is 10.3. The van der Waals surface area contributed by atoms with Crippen molar-refractivity contribution in [3.8, 4) is 5.75 Å². The van der Waals surface area contributed by atoms with Crippen LogP contribution >= 0.6 is 45.8 Å². The molecule has 2 nitrogen and oxygen atoms in total. The summed E-state index contributed by atoms with van der Waals surface area (Å²) in [7, 11) is 0. The minimum atomic E-state index is 0.202. The van der Waals surface area contributed by atoms with Gasteiger partial charge in [-0.05, 0) is 41.6 Å². The van der Waals surface area contributed by atoms with Crippen LogP contribution in [0.5, 0.6) is 5.75 Å². The predicted octanol–water partition coefficient (Wildman–Crippen LogP) is 3.97. The fourth-order valence-electron chi connectivity index (χ4n) is 0.851. The molecule has 0 aliphatic rings. The second kappa shape index (κ2) is 6.00. The molecule has 0 radical (unpaired) electrons. The Bertz CT molecular complexity index is 295. The Hall–Kier alpha value is 0.290. The molecule has 0 bridgehead atoms. The number of hydrogen-bond donors (Lipinski definition) is 0. The Labute approximate surface area is 107 Å². The molecule has 78 valence electrons. The van der Waals surface area contributed by atoms with Gasteiger partial charge in [-0.3, -0.25) is 0 Å². The molecule has 0 atom stereocenters. The fraction of sp³-hybridized carbons (Fsp3) is 0.333. The maximum absolute atomic E-state index is 5.94. The zero-order valence-electron chi connectivity index (χ0n) is 7.52. The highest BCUT2D eigenvalue weighted by molar-refractivity contribution is 14.1. The summed E-state index contributed by atoms with van der Waals surface area (Å²) in [6.45, 7) is 2.72. The van der Waals surface area contributed by atoms with Crippen molar-refractivity contribution in [2.45, 2.75) is 6.92 Å². The highest BCUT2D eigenvalue weighted by Gasteiger charge is 2.08. The van der Waals surface area contributed by atoms with Gasteiger partial charge in [0, 0.05) is 11.6 Å². The molecule has 5 heteroatoms. The van der Waals surface area contributed by atoms with Gasteiger partial charge in [-0.25, -0.2) is 0 Å². The molecular weight excluding hydrogens is 338 g/mol. The Morgan fingerprint density at radius 1 is 1.36 bits per heavy atom. The largest absolute Gasteiger partial charge is 0.465 e. The number of ether oxygens (including phenoxy) is 2. The van der Waals surface area contributed by atoms with E-state index in [0.29, 0.717) is 22.4 Å². The van der Waals surface area contributed by atoms with E-state index in [0.717, 1.165) is 3.57 Å². The third-order valence-electron chi connectivity index (χ3n) is 1.45. The summed E-state index contributed by atoms with van der Waals surface area (Å²) in [4.78, 5) is 0. The van der Waals surface area contributed by atoms with Crippen LogP contribution in [-0.2, 0) is 4.74 Å². The second-order valence-electron chi connectivity index (χ2n) is 2.45. The zero-order chi connectivity index (χ0) is 10.6. The quantitative estimate of drug-likeness (QED) is 0.466. The van der Waals surface area contributed by atoms with Gasteiger partial charge in [-0.1, -0.05) is 23.2 Å². The average molecular weight is 347 g/mol. The molecule has 0 N–H and O–H groups in total. The van der Waals surface area contributed by atoms with E-state index in [1.165, 1.54) is 0 Å². The monoisotopic (exact) mass is 346 g/mol. The lowest BCUT2D eigenvalue weighted by Crippen LogP contribution is -2.03.